The van der Waals surface area contributed by atoms with Gasteiger partial charge in [-0.1, -0.05) is 6.07 Å². The topological polar surface area (TPSA) is 109 Å². The summed E-state index contributed by atoms with van der Waals surface area (Å²) in [6, 6.07) is 6.94. The SMILES string of the molecule is Cc1ccc(C(=O)N2CCOCC2C(=O)O)cc1NC(=O)c1ccco1. The smallest absolute Gasteiger partial charge is 0.328 e. The zero-order valence-electron chi connectivity index (χ0n) is 14.1. The molecule has 1 aliphatic rings. The molecule has 136 valence electrons. The third-order valence-electron chi connectivity index (χ3n) is 4.15. The van der Waals surface area contributed by atoms with Crippen molar-refractivity contribution in [1.82, 2.24) is 4.90 Å². The number of carboxylic acid groups (broad SMARTS) is 1. The lowest BCUT2D eigenvalue weighted by Gasteiger charge is -2.33. The Morgan fingerprint density at radius 1 is 1.27 bits per heavy atom. The second-order valence-corrected chi connectivity index (χ2v) is 5.89. The number of carbonyl (C=O) groups is 3. The maximum absolute atomic E-state index is 12.8. The Bertz CT molecular complexity index is 830. The molecule has 1 saturated heterocycles. The molecule has 1 fully saturated rings. The van der Waals surface area contributed by atoms with E-state index in [-0.39, 0.29) is 25.5 Å². The van der Waals surface area contributed by atoms with Crippen LogP contribution >= 0.6 is 0 Å². The molecule has 0 radical (unpaired) electrons. The average Bonchev–Trinajstić information content (AvgIpc) is 3.17. The number of aryl methyl sites for hydroxylation is 1. The molecule has 0 spiro atoms. The third kappa shape index (κ3) is 3.60. The largest absolute Gasteiger partial charge is 0.480 e. The van der Waals surface area contributed by atoms with E-state index in [4.69, 9.17) is 9.15 Å². The Labute approximate surface area is 149 Å². The van der Waals surface area contributed by atoms with Crippen LogP contribution in [0.25, 0.3) is 0 Å². The number of anilines is 1. The Hall–Kier alpha value is -3.13. The summed E-state index contributed by atoms with van der Waals surface area (Å²) in [4.78, 5) is 37.6. The van der Waals surface area contributed by atoms with Gasteiger partial charge in [-0.2, -0.15) is 0 Å². The molecule has 26 heavy (non-hydrogen) atoms. The number of morpholine rings is 1. The first-order valence-electron chi connectivity index (χ1n) is 8.04. The molecule has 2 aromatic rings. The molecule has 2 heterocycles. The van der Waals surface area contributed by atoms with Gasteiger partial charge < -0.3 is 24.5 Å². The lowest BCUT2D eigenvalue weighted by atomic mass is 10.1. The molecule has 1 aliphatic heterocycles. The van der Waals surface area contributed by atoms with E-state index < -0.39 is 23.8 Å². The van der Waals surface area contributed by atoms with E-state index in [9.17, 15) is 19.5 Å². The Morgan fingerprint density at radius 2 is 2.08 bits per heavy atom. The predicted molar refractivity (Wildman–Crippen MR) is 91.1 cm³/mol. The van der Waals surface area contributed by atoms with Crippen LogP contribution in [0, 0.1) is 6.92 Å². The van der Waals surface area contributed by atoms with Gasteiger partial charge in [0.1, 0.15) is 0 Å². The Kier molecular flexibility index (Phi) is 5.04. The highest BCUT2D eigenvalue weighted by Crippen LogP contribution is 2.21. The molecule has 0 saturated carbocycles. The molecule has 1 aromatic carbocycles. The number of benzene rings is 1. The highest BCUT2D eigenvalue weighted by atomic mass is 16.5. The van der Waals surface area contributed by atoms with Crippen molar-refractivity contribution in [3.05, 3.63) is 53.5 Å². The van der Waals surface area contributed by atoms with Crippen LogP contribution < -0.4 is 5.32 Å². The first-order chi connectivity index (χ1) is 12.5. The number of nitrogens with one attached hydrogen (secondary N) is 1. The third-order valence-corrected chi connectivity index (χ3v) is 4.15. The molecular weight excluding hydrogens is 340 g/mol. The summed E-state index contributed by atoms with van der Waals surface area (Å²) in [5.74, 6) is -1.82. The fourth-order valence-corrected chi connectivity index (χ4v) is 2.70. The standard InChI is InChI=1S/C18H18N2O6/c1-11-4-5-12(9-13(11)19-16(21)15-3-2-7-26-15)17(22)20-6-8-25-10-14(20)18(23)24/h2-5,7,9,14H,6,8,10H2,1H3,(H,19,21)(H,23,24). The van der Waals surface area contributed by atoms with Gasteiger partial charge in [0.15, 0.2) is 11.8 Å². The van der Waals surface area contributed by atoms with Gasteiger partial charge in [0.2, 0.25) is 0 Å². The van der Waals surface area contributed by atoms with Crippen molar-refractivity contribution in [3.8, 4) is 0 Å². The maximum atomic E-state index is 12.8. The van der Waals surface area contributed by atoms with E-state index in [2.05, 4.69) is 5.32 Å². The van der Waals surface area contributed by atoms with Crippen LogP contribution in [0.15, 0.2) is 41.0 Å². The summed E-state index contributed by atoms with van der Waals surface area (Å²) >= 11 is 0. The van der Waals surface area contributed by atoms with Crippen LogP contribution in [-0.4, -0.2) is 53.6 Å². The number of carbonyl (C=O) groups excluding carboxylic acids is 2. The fourth-order valence-electron chi connectivity index (χ4n) is 2.70. The molecule has 1 aromatic heterocycles. The minimum atomic E-state index is -1.11. The van der Waals surface area contributed by atoms with Crippen LogP contribution in [0.4, 0.5) is 5.69 Å². The number of furan rings is 1. The van der Waals surface area contributed by atoms with Gasteiger partial charge in [-0.15, -0.1) is 0 Å². The molecule has 1 unspecified atom stereocenters. The van der Waals surface area contributed by atoms with Crippen molar-refractivity contribution in [3.63, 3.8) is 0 Å². The summed E-state index contributed by atoms with van der Waals surface area (Å²) in [5.41, 5.74) is 1.51. The van der Waals surface area contributed by atoms with E-state index in [1.807, 2.05) is 0 Å². The highest BCUT2D eigenvalue weighted by molar-refractivity contribution is 6.04. The molecule has 3 rings (SSSR count). The second kappa shape index (κ2) is 7.40. The first-order valence-corrected chi connectivity index (χ1v) is 8.04. The first kappa shape index (κ1) is 17.7. The minimum absolute atomic E-state index is 0.0466. The maximum Gasteiger partial charge on any atom is 0.328 e. The van der Waals surface area contributed by atoms with Gasteiger partial charge in [0.05, 0.1) is 19.5 Å². The van der Waals surface area contributed by atoms with Crippen molar-refractivity contribution in [2.75, 3.05) is 25.1 Å². The number of nitrogens with zero attached hydrogens (tertiary/aromatic N) is 1. The summed E-state index contributed by atoms with van der Waals surface area (Å²) in [6.07, 6.45) is 1.40. The monoisotopic (exact) mass is 358 g/mol. The molecule has 2 amide bonds. The summed E-state index contributed by atoms with van der Waals surface area (Å²) in [6.45, 7) is 2.22. The lowest BCUT2D eigenvalue weighted by molar-refractivity contribution is -0.147. The number of aliphatic carboxylic acids is 1. The molecule has 8 nitrogen and oxygen atoms in total. The number of carboxylic acids is 1. The van der Waals surface area contributed by atoms with Gasteiger partial charge in [-0.25, -0.2) is 4.79 Å². The molecule has 0 aliphatic carbocycles. The predicted octanol–water partition coefficient (Wildman–Crippen LogP) is 1.77. The molecule has 0 bridgehead atoms. The molecular formula is C18H18N2O6. The van der Waals surface area contributed by atoms with Crippen LogP contribution in [0.3, 0.4) is 0 Å². The van der Waals surface area contributed by atoms with Crippen molar-refractivity contribution in [2.45, 2.75) is 13.0 Å². The van der Waals surface area contributed by atoms with Crippen molar-refractivity contribution < 1.29 is 28.6 Å². The summed E-state index contributed by atoms with van der Waals surface area (Å²) < 4.78 is 10.2. The van der Waals surface area contributed by atoms with Gasteiger partial charge in [0, 0.05) is 17.8 Å². The lowest BCUT2D eigenvalue weighted by Crippen LogP contribution is -2.52. The quantitative estimate of drug-likeness (QED) is 0.862. The second-order valence-electron chi connectivity index (χ2n) is 5.89. The zero-order chi connectivity index (χ0) is 18.7. The van der Waals surface area contributed by atoms with Crippen molar-refractivity contribution in [1.29, 1.82) is 0 Å². The summed E-state index contributed by atoms with van der Waals surface area (Å²) in [7, 11) is 0. The zero-order valence-corrected chi connectivity index (χ0v) is 14.1. The van der Waals surface area contributed by atoms with Gasteiger partial charge in [-0.05, 0) is 36.8 Å². The molecule has 2 N–H and O–H groups in total. The number of rotatable bonds is 4. The van der Waals surface area contributed by atoms with Gasteiger partial charge in [0.25, 0.3) is 11.8 Å². The molecule has 8 heteroatoms. The van der Waals surface area contributed by atoms with E-state index in [0.717, 1.165) is 5.56 Å². The average molecular weight is 358 g/mol. The number of hydrogen-bond donors (Lipinski definition) is 2. The number of ether oxygens (including phenoxy) is 1. The summed E-state index contributed by atoms with van der Waals surface area (Å²) in [5, 5.41) is 12.0. The van der Waals surface area contributed by atoms with E-state index >= 15 is 0 Å². The van der Waals surface area contributed by atoms with Crippen LogP contribution in [0.5, 0.6) is 0 Å². The van der Waals surface area contributed by atoms with Crippen LogP contribution in [-0.2, 0) is 9.53 Å². The number of hydrogen-bond acceptors (Lipinski definition) is 5. The highest BCUT2D eigenvalue weighted by Gasteiger charge is 2.33. The van der Waals surface area contributed by atoms with E-state index in [1.165, 1.54) is 23.3 Å². The van der Waals surface area contributed by atoms with Crippen LogP contribution in [0.2, 0.25) is 0 Å². The van der Waals surface area contributed by atoms with Gasteiger partial charge >= 0.3 is 5.97 Å². The van der Waals surface area contributed by atoms with Gasteiger partial charge in [-0.3, -0.25) is 9.59 Å². The minimum Gasteiger partial charge on any atom is -0.480 e. The Balaban J connectivity index is 1.83. The van der Waals surface area contributed by atoms with Crippen molar-refractivity contribution >= 4 is 23.5 Å². The number of amides is 2. The van der Waals surface area contributed by atoms with Crippen molar-refractivity contribution in [2.24, 2.45) is 0 Å². The van der Waals surface area contributed by atoms with Crippen LogP contribution in [0.1, 0.15) is 26.5 Å². The molecule has 1 atom stereocenters. The Morgan fingerprint density at radius 3 is 2.77 bits per heavy atom. The van der Waals surface area contributed by atoms with E-state index in [0.29, 0.717) is 11.3 Å². The van der Waals surface area contributed by atoms with E-state index in [1.54, 1.807) is 25.1 Å². The normalized spacial score (nSPS) is 17.0. The fraction of sp³-hybridized carbons (Fsp3) is 0.278.